The summed E-state index contributed by atoms with van der Waals surface area (Å²) >= 11 is 0. The summed E-state index contributed by atoms with van der Waals surface area (Å²) in [6.07, 6.45) is -0.356. The maximum atomic E-state index is 12.1. The number of carbonyl (C=O) groups is 2. The molecule has 2 aromatic rings. The Morgan fingerprint density at radius 1 is 1.36 bits per heavy atom. The summed E-state index contributed by atoms with van der Waals surface area (Å²) in [7, 11) is 0. The maximum absolute atomic E-state index is 12.1. The maximum Gasteiger partial charge on any atom is 0.414 e. The zero-order valence-corrected chi connectivity index (χ0v) is 14.3. The van der Waals surface area contributed by atoms with E-state index in [0.717, 1.165) is 16.9 Å². The number of urea groups is 1. The van der Waals surface area contributed by atoms with Crippen molar-refractivity contribution in [2.75, 3.05) is 23.4 Å². The van der Waals surface area contributed by atoms with Crippen LogP contribution in [-0.4, -0.2) is 30.3 Å². The third kappa shape index (κ3) is 3.73. The topological polar surface area (TPSA) is 96.7 Å². The lowest BCUT2D eigenvalue weighted by molar-refractivity contribution is 0.181. The van der Waals surface area contributed by atoms with E-state index in [0.29, 0.717) is 18.9 Å². The molecular formula is C17H20N4O4. The number of aromatic nitrogens is 1. The Morgan fingerprint density at radius 2 is 2.16 bits per heavy atom. The molecule has 3 amide bonds. The van der Waals surface area contributed by atoms with Gasteiger partial charge in [-0.1, -0.05) is 12.1 Å². The number of carbonyl (C=O) groups excluding carboxylic acids is 2. The first-order chi connectivity index (χ1) is 11.9. The number of cyclic esters (lactones) is 1. The van der Waals surface area contributed by atoms with Crippen LogP contribution in [0.4, 0.5) is 21.3 Å². The van der Waals surface area contributed by atoms with Crippen molar-refractivity contribution >= 4 is 23.8 Å². The normalized spacial score (nSPS) is 15.0. The number of aryl methyl sites for hydroxylation is 2. The zero-order chi connectivity index (χ0) is 18.0. The molecule has 8 heteroatoms. The Labute approximate surface area is 145 Å². The van der Waals surface area contributed by atoms with Gasteiger partial charge in [-0.3, -0.25) is 10.2 Å². The summed E-state index contributed by atoms with van der Waals surface area (Å²) in [4.78, 5) is 29.4. The highest BCUT2D eigenvalue weighted by atomic mass is 16.6. The van der Waals surface area contributed by atoms with E-state index in [1.54, 1.807) is 18.7 Å². The standard InChI is InChI=1S/C17H20N4O4/c1-10-12(3)25-16(19-10)20-15(22)18-11(2)13-5-4-6-14(9-13)21-7-8-24-17(21)23/h4-6,9,11H,7-8H2,1-3H3,(H2,18,19,20,22). The molecule has 3 rings (SSSR count). The SMILES string of the molecule is Cc1nc(NC(=O)NC(C)c2cccc(N3CCOC3=O)c2)oc1C. The Kier molecular flexibility index (Phi) is 4.60. The first-order valence-electron chi connectivity index (χ1n) is 8.00. The van der Waals surface area contributed by atoms with Gasteiger partial charge in [-0.25, -0.2) is 9.59 Å². The second-order valence-corrected chi connectivity index (χ2v) is 5.84. The number of hydrogen-bond donors (Lipinski definition) is 2. The van der Waals surface area contributed by atoms with Gasteiger partial charge in [-0.05, 0) is 38.5 Å². The van der Waals surface area contributed by atoms with Crippen LogP contribution in [0.2, 0.25) is 0 Å². The molecule has 0 aliphatic carbocycles. The number of anilines is 2. The van der Waals surface area contributed by atoms with Crippen molar-refractivity contribution in [1.82, 2.24) is 10.3 Å². The van der Waals surface area contributed by atoms with E-state index in [9.17, 15) is 9.59 Å². The molecule has 0 bridgehead atoms. The lowest BCUT2D eigenvalue weighted by atomic mass is 10.1. The third-order valence-corrected chi connectivity index (χ3v) is 4.04. The molecule has 0 spiro atoms. The number of benzene rings is 1. The molecule has 25 heavy (non-hydrogen) atoms. The Morgan fingerprint density at radius 3 is 2.80 bits per heavy atom. The minimum absolute atomic E-state index is 0.160. The third-order valence-electron chi connectivity index (χ3n) is 4.04. The highest BCUT2D eigenvalue weighted by molar-refractivity contribution is 5.89. The number of amides is 3. The van der Waals surface area contributed by atoms with Crippen LogP contribution in [0.3, 0.4) is 0 Å². The molecule has 1 atom stereocenters. The summed E-state index contributed by atoms with van der Waals surface area (Å²) in [5, 5.41) is 5.39. The van der Waals surface area contributed by atoms with Crippen LogP contribution in [0.1, 0.15) is 30.0 Å². The fraction of sp³-hybridized carbons (Fsp3) is 0.353. The van der Waals surface area contributed by atoms with Crippen LogP contribution >= 0.6 is 0 Å². The van der Waals surface area contributed by atoms with Crippen molar-refractivity contribution in [3.63, 3.8) is 0 Å². The van der Waals surface area contributed by atoms with Gasteiger partial charge in [0, 0.05) is 5.69 Å². The summed E-state index contributed by atoms with van der Waals surface area (Å²) in [5.74, 6) is 0.661. The van der Waals surface area contributed by atoms with E-state index in [1.165, 1.54) is 0 Å². The van der Waals surface area contributed by atoms with Crippen LogP contribution < -0.4 is 15.5 Å². The van der Waals surface area contributed by atoms with Crippen LogP contribution in [0.25, 0.3) is 0 Å². The van der Waals surface area contributed by atoms with E-state index in [1.807, 2.05) is 31.2 Å². The molecule has 1 aromatic heterocycles. The molecule has 1 saturated heterocycles. The molecule has 1 unspecified atom stereocenters. The fourth-order valence-electron chi connectivity index (χ4n) is 2.53. The molecule has 1 aliphatic rings. The Hall–Kier alpha value is -3.03. The Balaban J connectivity index is 1.65. The van der Waals surface area contributed by atoms with E-state index in [4.69, 9.17) is 9.15 Å². The molecule has 2 heterocycles. The molecule has 0 saturated carbocycles. The van der Waals surface area contributed by atoms with E-state index in [2.05, 4.69) is 15.6 Å². The fourth-order valence-corrected chi connectivity index (χ4v) is 2.53. The van der Waals surface area contributed by atoms with Crippen LogP contribution in [0, 0.1) is 13.8 Å². The van der Waals surface area contributed by atoms with Gasteiger partial charge < -0.3 is 14.5 Å². The van der Waals surface area contributed by atoms with E-state index >= 15 is 0 Å². The smallest absolute Gasteiger partial charge is 0.414 e. The molecule has 1 fully saturated rings. The van der Waals surface area contributed by atoms with Crippen molar-refractivity contribution in [2.24, 2.45) is 0 Å². The highest BCUT2D eigenvalue weighted by Gasteiger charge is 2.24. The van der Waals surface area contributed by atoms with Gasteiger partial charge in [0.15, 0.2) is 0 Å². The zero-order valence-electron chi connectivity index (χ0n) is 14.3. The first kappa shape index (κ1) is 16.8. The van der Waals surface area contributed by atoms with Crippen molar-refractivity contribution < 1.29 is 18.7 Å². The number of hydrogen-bond acceptors (Lipinski definition) is 5. The number of nitrogens with zero attached hydrogens (tertiary/aromatic N) is 2. The van der Waals surface area contributed by atoms with Gasteiger partial charge in [-0.2, -0.15) is 4.98 Å². The minimum atomic E-state index is -0.417. The van der Waals surface area contributed by atoms with Gasteiger partial charge in [0.25, 0.3) is 0 Å². The average Bonchev–Trinajstić information content (AvgIpc) is 3.13. The number of ether oxygens (including phenoxy) is 1. The van der Waals surface area contributed by atoms with E-state index < -0.39 is 6.03 Å². The predicted octanol–water partition coefficient (Wildman–Crippen LogP) is 3.13. The quantitative estimate of drug-likeness (QED) is 0.888. The van der Waals surface area contributed by atoms with Gasteiger partial charge in [0.05, 0.1) is 18.3 Å². The highest BCUT2D eigenvalue weighted by Crippen LogP contribution is 2.23. The lowest BCUT2D eigenvalue weighted by Crippen LogP contribution is -2.31. The molecule has 132 valence electrons. The number of nitrogens with one attached hydrogen (secondary N) is 2. The monoisotopic (exact) mass is 344 g/mol. The predicted molar refractivity (Wildman–Crippen MR) is 91.7 cm³/mol. The Bertz CT molecular complexity index is 782. The molecule has 8 nitrogen and oxygen atoms in total. The van der Waals surface area contributed by atoms with Gasteiger partial charge in [0.2, 0.25) is 0 Å². The van der Waals surface area contributed by atoms with Crippen molar-refractivity contribution in [2.45, 2.75) is 26.8 Å². The van der Waals surface area contributed by atoms with Gasteiger partial charge in [-0.15, -0.1) is 0 Å². The number of oxazole rings is 1. The molecule has 0 radical (unpaired) electrons. The van der Waals surface area contributed by atoms with Gasteiger partial charge >= 0.3 is 18.1 Å². The molecule has 1 aliphatic heterocycles. The lowest BCUT2D eigenvalue weighted by Gasteiger charge is -2.18. The minimum Gasteiger partial charge on any atom is -0.447 e. The largest absolute Gasteiger partial charge is 0.447 e. The molecule has 1 aromatic carbocycles. The summed E-state index contributed by atoms with van der Waals surface area (Å²) in [5.41, 5.74) is 2.34. The second-order valence-electron chi connectivity index (χ2n) is 5.84. The van der Waals surface area contributed by atoms with Crippen molar-refractivity contribution in [1.29, 1.82) is 0 Å². The molecule has 2 N–H and O–H groups in total. The second kappa shape index (κ2) is 6.84. The van der Waals surface area contributed by atoms with Crippen LogP contribution in [-0.2, 0) is 4.74 Å². The average molecular weight is 344 g/mol. The van der Waals surface area contributed by atoms with Crippen LogP contribution in [0.15, 0.2) is 28.7 Å². The summed E-state index contributed by atoms with van der Waals surface area (Å²) in [6.45, 7) is 6.34. The number of rotatable bonds is 4. The van der Waals surface area contributed by atoms with Crippen molar-refractivity contribution in [3.8, 4) is 0 Å². The summed E-state index contributed by atoms with van der Waals surface area (Å²) in [6, 6.07) is 6.89. The summed E-state index contributed by atoms with van der Waals surface area (Å²) < 4.78 is 10.3. The van der Waals surface area contributed by atoms with E-state index in [-0.39, 0.29) is 18.1 Å². The van der Waals surface area contributed by atoms with Gasteiger partial charge in [0.1, 0.15) is 12.4 Å². The molecular weight excluding hydrogens is 324 g/mol. The first-order valence-corrected chi connectivity index (χ1v) is 8.00. The van der Waals surface area contributed by atoms with Crippen LogP contribution in [0.5, 0.6) is 0 Å². The van der Waals surface area contributed by atoms with Crippen molar-refractivity contribution in [3.05, 3.63) is 41.3 Å².